The van der Waals surface area contributed by atoms with Crippen LogP contribution in [0.5, 0.6) is 23.0 Å². The number of rotatable bonds is 9. The molecule has 0 aliphatic heterocycles. The highest BCUT2D eigenvalue weighted by molar-refractivity contribution is 6.09. The number of hydrogen-bond acceptors (Lipinski definition) is 7. The van der Waals surface area contributed by atoms with Crippen LogP contribution in [0.15, 0.2) is 48.1 Å². The third-order valence-electron chi connectivity index (χ3n) is 4.50. The van der Waals surface area contributed by atoms with Crippen molar-refractivity contribution in [1.29, 1.82) is 0 Å². The molecule has 7 nitrogen and oxygen atoms in total. The molecular weight excluding hydrogens is 424 g/mol. The molecule has 0 aromatic heterocycles. The van der Waals surface area contributed by atoms with E-state index in [0.29, 0.717) is 23.5 Å². The molecule has 2 aromatic carbocycles. The molecule has 0 unspecified atom stereocenters. The maximum Gasteiger partial charge on any atom is 0.308 e. The SMILES string of the molecule is COc1ccc(/C=C/C(=O)c2cc(CC=C(C)C)c(OC(C)=O)cc2OC(C)=O)cc1OC. The largest absolute Gasteiger partial charge is 0.493 e. The smallest absolute Gasteiger partial charge is 0.308 e. The van der Waals surface area contributed by atoms with Crippen LogP contribution in [0.25, 0.3) is 6.08 Å². The van der Waals surface area contributed by atoms with E-state index in [1.807, 2.05) is 19.9 Å². The first-order valence-corrected chi connectivity index (χ1v) is 10.3. The fourth-order valence-electron chi connectivity index (χ4n) is 2.98. The molecule has 0 atom stereocenters. The van der Waals surface area contributed by atoms with Gasteiger partial charge in [0.05, 0.1) is 19.8 Å². The Balaban J connectivity index is 2.50. The van der Waals surface area contributed by atoms with E-state index in [2.05, 4.69) is 0 Å². The van der Waals surface area contributed by atoms with Crippen LogP contribution in [0.3, 0.4) is 0 Å². The van der Waals surface area contributed by atoms with E-state index in [4.69, 9.17) is 18.9 Å². The zero-order chi connectivity index (χ0) is 24.5. The third-order valence-corrected chi connectivity index (χ3v) is 4.50. The molecule has 2 aromatic rings. The second kappa shape index (κ2) is 11.7. The fraction of sp³-hybridized carbons (Fsp3) is 0.269. The number of esters is 2. The molecule has 0 fully saturated rings. The molecule has 0 bridgehead atoms. The van der Waals surface area contributed by atoms with Crippen molar-refractivity contribution in [2.45, 2.75) is 34.1 Å². The molecule has 7 heteroatoms. The lowest BCUT2D eigenvalue weighted by Gasteiger charge is -2.14. The maximum atomic E-state index is 13.1. The second-order valence-electron chi connectivity index (χ2n) is 7.44. The van der Waals surface area contributed by atoms with Gasteiger partial charge >= 0.3 is 11.9 Å². The molecule has 0 saturated heterocycles. The molecule has 0 aliphatic carbocycles. The molecule has 0 N–H and O–H groups in total. The van der Waals surface area contributed by atoms with E-state index < -0.39 is 11.9 Å². The number of ether oxygens (including phenoxy) is 4. The Labute approximate surface area is 193 Å². The molecule has 0 saturated carbocycles. The Bertz CT molecular complexity index is 1110. The topological polar surface area (TPSA) is 88.1 Å². The van der Waals surface area contributed by atoms with Crippen molar-refractivity contribution < 1.29 is 33.3 Å². The Morgan fingerprint density at radius 1 is 0.788 bits per heavy atom. The van der Waals surface area contributed by atoms with Gasteiger partial charge in [0.25, 0.3) is 0 Å². The number of hydrogen-bond donors (Lipinski definition) is 0. The lowest BCUT2D eigenvalue weighted by Crippen LogP contribution is -2.10. The van der Waals surface area contributed by atoms with Crippen molar-refractivity contribution in [3.63, 3.8) is 0 Å². The predicted molar refractivity (Wildman–Crippen MR) is 125 cm³/mol. The normalized spacial score (nSPS) is 10.5. The monoisotopic (exact) mass is 452 g/mol. The first-order chi connectivity index (χ1) is 15.6. The Morgan fingerprint density at radius 3 is 2.00 bits per heavy atom. The zero-order valence-electron chi connectivity index (χ0n) is 19.7. The first kappa shape index (κ1) is 25.4. The second-order valence-corrected chi connectivity index (χ2v) is 7.44. The van der Waals surface area contributed by atoms with E-state index in [1.165, 1.54) is 33.1 Å². The molecule has 2 rings (SSSR count). The summed E-state index contributed by atoms with van der Waals surface area (Å²) < 4.78 is 21.1. The van der Waals surface area contributed by atoms with Crippen LogP contribution in [0.1, 0.15) is 49.2 Å². The number of benzene rings is 2. The highest BCUT2D eigenvalue weighted by Crippen LogP contribution is 2.32. The minimum atomic E-state index is -0.598. The van der Waals surface area contributed by atoms with E-state index in [0.717, 1.165) is 11.1 Å². The number of methoxy groups -OCH3 is 2. The van der Waals surface area contributed by atoms with Crippen molar-refractivity contribution in [2.24, 2.45) is 0 Å². The van der Waals surface area contributed by atoms with Crippen LogP contribution in [0.4, 0.5) is 0 Å². The Kier molecular flexibility index (Phi) is 8.98. The summed E-state index contributed by atoms with van der Waals surface area (Å²) in [5.74, 6) is -0.147. The highest BCUT2D eigenvalue weighted by atomic mass is 16.5. The van der Waals surface area contributed by atoms with Crippen molar-refractivity contribution >= 4 is 23.8 Å². The van der Waals surface area contributed by atoms with Crippen molar-refractivity contribution in [2.75, 3.05) is 14.2 Å². The van der Waals surface area contributed by atoms with Crippen LogP contribution in [0.2, 0.25) is 0 Å². The van der Waals surface area contributed by atoms with Gasteiger partial charge in [0.2, 0.25) is 0 Å². The standard InChI is InChI=1S/C26H28O7/c1-16(2)7-10-20-14-21(25(33-18(4)28)15-24(20)32-17(3)27)22(29)11-8-19-9-12-23(30-5)26(13-19)31-6/h7-9,11-15H,10H2,1-6H3/b11-8+. The van der Waals surface area contributed by atoms with E-state index in [-0.39, 0.29) is 22.8 Å². The molecule has 0 spiro atoms. The maximum absolute atomic E-state index is 13.1. The average molecular weight is 453 g/mol. The molecule has 0 aliphatic rings. The third kappa shape index (κ3) is 7.35. The van der Waals surface area contributed by atoms with Crippen LogP contribution in [0, 0.1) is 0 Å². The number of carbonyl (C=O) groups is 3. The fourth-order valence-corrected chi connectivity index (χ4v) is 2.98. The van der Waals surface area contributed by atoms with Crippen LogP contribution < -0.4 is 18.9 Å². The first-order valence-electron chi connectivity index (χ1n) is 10.3. The summed E-state index contributed by atoms with van der Waals surface area (Å²) in [4.78, 5) is 36.3. The van der Waals surface area contributed by atoms with Gasteiger partial charge < -0.3 is 18.9 Å². The van der Waals surface area contributed by atoms with Gasteiger partial charge in [-0.3, -0.25) is 14.4 Å². The number of ketones is 1. The molecule has 0 radical (unpaired) electrons. The number of carbonyl (C=O) groups excluding carboxylic acids is 3. The molecule has 33 heavy (non-hydrogen) atoms. The molecule has 0 heterocycles. The minimum absolute atomic E-state index is 0.0154. The lowest BCUT2D eigenvalue weighted by molar-refractivity contribution is -0.132. The van der Waals surface area contributed by atoms with E-state index in [1.54, 1.807) is 37.5 Å². The quantitative estimate of drug-likeness (QED) is 0.175. The summed E-state index contributed by atoms with van der Waals surface area (Å²) in [5, 5.41) is 0. The van der Waals surface area contributed by atoms with Gasteiger partial charge in [0.1, 0.15) is 11.5 Å². The molecule has 174 valence electrons. The van der Waals surface area contributed by atoms with Gasteiger partial charge in [-0.25, -0.2) is 0 Å². The van der Waals surface area contributed by atoms with E-state index in [9.17, 15) is 14.4 Å². The van der Waals surface area contributed by atoms with Gasteiger partial charge in [-0.15, -0.1) is 0 Å². The van der Waals surface area contributed by atoms with E-state index >= 15 is 0 Å². The zero-order valence-corrected chi connectivity index (χ0v) is 19.7. The van der Waals surface area contributed by atoms with Gasteiger partial charge in [-0.1, -0.05) is 23.8 Å². The predicted octanol–water partition coefficient (Wildman–Crippen LogP) is 4.96. The summed E-state index contributed by atoms with van der Waals surface area (Å²) in [6.07, 6.45) is 5.38. The summed E-state index contributed by atoms with van der Waals surface area (Å²) >= 11 is 0. The lowest BCUT2D eigenvalue weighted by atomic mass is 10.0. The highest BCUT2D eigenvalue weighted by Gasteiger charge is 2.18. The Hall–Kier alpha value is -3.87. The Morgan fingerprint density at radius 2 is 1.42 bits per heavy atom. The minimum Gasteiger partial charge on any atom is -0.493 e. The van der Waals surface area contributed by atoms with Gasteiger partial charge in [0.15, 0.2) is 17.3 Å². The molecule has 0 amide bonds. The average Bonchev–Trinajstić information content (AvgIpc) is 2.75. The van der Waals surface area contributed by atoms with Crippen molar-refractivity contribution in [3.05, 3.63) is 64.7 Å². The van der Waals surface area contributed by atoms with Gasteiger partial charge in [-0.2, -0.15) is 0 Å². The van der Waals surface area contributed by atoms with Crippen molar-refractivity contribution in [3.8, 4) is 23.0 Å². The summed E-state index contributed by atoms with van der Waals surface area (Å²) in [6, 6.07) is 8.23. The van der Waals surface area contributed by atoms with Gasteiger partial charge in [-0.05, 0) is 55.7 Å². The number of allylic oxidation sites excluding steroid dienone is 3. The summed E-state index contributed by atoms with van der Waals surface area (Å²) in [6.45, 7) is 6.39. The van der Waals surface area contributed by atoms with Crippen LogP contribution in [-0.4, -0.2) is 31.9 Å². The van der Waals surface area contributed by atoms with Crippen molar-refractivity contribution in [1.82, 2.24) is 0 Å². The summed E-state index contributed by atoms with van der Waals surface area (Å²) in [5.41, 5.74) is 2.57. The van der Waals surface area contributed by atoms with Gasteiger partial charge in [0, 0.05) is 19.9 Å². The summed E-state index contributed by atoms with van der Waals surface area (Å²) in [7, 11) is 3.07. The van der Waals surface area contributed by atoms with Crippen LogP contribution >= 0.6 is 0 Å². The van der Waals surface area contributed by atoms with Crippen LogP contribution in [-0.2, 0) is 16.0 Å². The molecular formula is C26H28O7.